The molecule has 1 aliphatic rings. The second-order valence-corrected chi connectivity index (χ2v) is 10.2. The van der Waals surface area contributed by atoms with E-state index in [-0.39, 0.29) is 17.2 Å². The Morgan fingerprint density at radius 3 is 2.47 bits per heavy atom. The topological polar surface area (TPSA) is 104 Å². The Hall–Kier alpha value is -3.49. The van der Waals surface area contributed by atoms with Gasteiger partial charge in [0.2, 0.25) is 21.8 Å². The minimum absolute atomic E-state index is 0.0550. The van der Waals surface area contributed by atoms with Crippen LogP contribution in [0, 0.1) is 13.8 Å². The van der Waals surface area contributed by atoms with Gasteiger partial charge in [-0.1, -0.05) is 36.4 Å². The van der Waals surface area contributed by atoms with Gasteiger partial charge in [-0.15, -0.1) is 0 Å². The van der Waals surface area contributed by atoms with Crippen molar-refractivity contribution >= 4 is 33.2 Å². The monoisotopic (exact) mass is 477 g/mol. The molecule has 3 aromatic rings. The van der Waals surface area contributed by atoms with Crippen molar-refractivity contribution in [2.45, 2.75) is 44.0 Å². The highest BCUT2D eigenvalue weighted by molar-refractivity contribution is 7.89. The Bertz CT molecular complexity index is 1340. The molecule has 0 spiro atoms. The Kier molecular flexibility index (Phi) is 6.81. The number of rotatable bonds is 7. The van der Waals surface area contributed by atoms with Crippen LogP contribution in [0.4, 0.5) is 11.4 Å². The molecule has 3 N–H and O–H groups in total. The first kappa shape index (κ1) is 23.7. The van der Waals surface area contributed by atoms with Crippen LogP contribution < -0.4 is 15.4 Å². The summed E-state index contributed by atoms with van der Waals surface area (Å²) >= 11 is 0. The molecule has 3 aromatic carbocycles. The molecule has 176 valence electrons. The van der Waals surface area contributed by atoms with Crippen LogP contribution >= 0.6 is 0 Å². The van der Waals surface area contributed by atoms with E-state index in [4.69, 9.17) is 0 Å². The van der Waals surface area contributed by atoms with Gasteiger partial charge in [0.25, 0.3) is 0 Å². The molecule has 4 rings (SSSR count). The molecular weight excluding hydrogens is 450 g/mol. The fraction of sp³-hybridized carbons (Fsp3) is 0.231. The maximum absolute atomic E-state index is 13.3. The summed E-state index contributed by atoms with van der Waals surface area (Å²) in [6, 6.07) is 18.4. The van der Waals surface area contributed by atoms with E-state index in [1.807, 2.05) is 56.3 Å². The molecular formula is C26H27N3O4S. The predicted octanol–water partition coefficient (Wildman–Crippen LogP) is 3.72. The third-order valence-corrected chi connectivity index (χ3v) is 7.42. The van der Waals surface area contributed by atoms with Crippen LogP contribution in [0.15, 0.2) is 71.6 Å². The van der Waals surface area contributed by atoms with Crippen LogP contribution in [0.3, 0.4) is 0 Å². The summed E-state index contributed by atoms with van der Waals surface area (Å²) < 4.78 is 29.1. The first-order chi connectivity index (χ1) is 16.2. The fourth-order valence-corrected chi connectivity index (χ4v) is 5.11. The number of hydrogen-bond acceptors (Lipinski definition) is 4. The molecule has 0 fully saturated rings. The smallest absolute Gasteiger partial charge is 0.242 e. The van der Waals surface area contributed by atoms with Crippen LogP contribution in [0.1, 0.15) is 28.7 Å². The van der Waals surface area contributed by atoms with Crippen molar-refractivity contribution in [1.82, 2.24) is 4.72 Å². The van der Waals surface area contributed by atoms with Gasteiger partial charge in [-0.3, -0.25) is 9.59 Å². The lowest BCUT2D eigenvalue weighted by Crippen LogP contribution is -2.45. The van der Waals surface area contributed by atoms with Gasteiger partial charge in [-0.2, -0.15) is 4.72 Å². The lowest BCUT2D eigenvalue weighted by atomic mass is 10.0. The van der Waals surface area contributed by atoms with Gasteiger partial charge in [0.1, 0.15) is 6.04 Å². The van der Waals surface area contributed by atoms with Crippen LogP contribution in [0.2, 0.25) is 0 Å². The second kappa shape index (κ2) is 9.79. The quantitative estimate of drug-likeness (QED) is 0.482. The van der Waals surface area contributed by atoms with Crippen molar-refractivity contribution in [3.05, 3.63) is 89.0 Å². The number of aryl methyl sites for hydroxylation is 3. The van der Waals surface area contributed by atoms with E-state index in [0.29, 0.717) is 24.2 Å². The largest absolute Gasteiger partial charge is 0.326 e. The maximum atomic E-state index is 13.3. The number of benzene rings is 3. The normalized spacial score (nSPS) is 14.1. The van der Waals surface area contributed by atoms with E-state index in [0.717, 1.165) is 22.3 Å². The van der Waals surface area contributed by atoms with Crippen molar-refractivity contribution in [3.63, 3.8) is 0 Å². The molecule has 0 radical (unpaired) electrons. The first-order valence-electron chi connectivity index (χ1n) is 11.1. The minimum Gasteiger partial charge on any atom is -0.326 e. The summed E-state index contributed by atoms with van der Waals surface area (Å²) in [6.45, 7) is 3.94. The van der Waals surface area contributed by atoms with Gasteiger partial charge in [-0.05, 0) is 79.3 Å². The molecule has 1 atom stereocenters. The molecule has 1 heterocycles. The van der Waals surface area contributed by atoms with Gasteiger partial charge in [0.15, 0.2) is 0 Å². The lowest BCUT2D eigenvalue weighted by Gasteiger charge is -2.21. The molecule has 34 heavy (non-hydrogen) atoms. The number of hydrogen-bond donors (Lipinski definition) is 3. The molecule has 1 aliphatic heterocycles. The number of sulfonamides is 1. The zero-order valence-electron chi connectivity index (χ0n) is 19.1. The second-order valence-electron chi connectivity index (χ2n) is 8.52. The Morgan fingerprint density at radius 2 is 1.74 bits per heavy atom. The van der Waals surface area contributed by atoms with Crippen molar-refractivity contribution in [3.8, 4) is 0 Å². The molecule has 0 aromatic heterocycles. The van der Waals surface area contributed by atoms with Crippen molar-refractivity contribution in [2.24, 2.45) is 0 Å². The SMILES string of the molecule is Cc1ccc(NC(=O)[C@H](Cc2ccccc2)NS(=O)(=O)c2ccc3c(c2)CCC(=O)N3)cc1C. The number of anilines is 2. The summed E-state index contributed by atoms with van der Waals surface area (Å²) in [5, 5.41) is 5.59. The molecule has 0 saturated heterocycles. The predicted molar refractivity (Wildman–Crippen MR) is 132 cm³/mol. The van der Waals surface area contributed by atoms with E-state index >= 15 is 0 Å². The Balaban J connectivity index is 1.60. The summed E-state index contributed by atoms with van der Waals surface area (Å²) in [5.74, 6) is -0.534. The zero-order valence-corrected chi connectivity index (χ0v) is 19.9. The third kappa shape index (κ3) is 5.52. The van der Waals surface area contributed by atoms with Crippen LogP contribution in [-0.4, -0.2) is 26.3 Å². The summed E-state index contributed by atoms with van der Waals surface area (Å²) in [5.41, 5.74) is 4.93. The maximum Gasteiger partial charge on any atom is 0.242 e. The number of nitrogens with one attached hydrogen (secondary N) is 3. The molecule has 8 heteroatoms. The van der Waals surface area contributed by atoms with Crippen LogP contribution in [0.25, 0.3) is 0 Å². The average molecular weight is 478 g/mol. The molecule has 0 bridgehead atoms. The summed E-state index contributed by atoms with van der Waals surface area (Å²) in [4.78, 5) is 24.9. The Morgan fingerprint density at radius 1 is 0.971 bits per heavy atom. The van der Waals surface area contributed by atoms with Gasteiger partial charge in [-0.25, -0.2) is 8.42 Å². The van der Waals surface area contributed by atoms with E-state index in [1.165, 1.54) is 6.07 Å². The molecule has 0 saturated carbocycles. The van der Waals surface area contributed by atoms with E-state index in [1.54, 1.807) is 18.2 Å². The fourth-order valence-electron chi connectivity index (χ4n) is 3.87. The van der Waals surface area contributed by atoms with Crippen molar-refractivity contribution < 1.29 is 18.0 Å². The highest BCUT2D eigenvalue weighted by Gasteiger charge is 2.27. The number of carbonyl (C=O) groups is 2. The van der Waals surface area contributed by atoms with E-state index < -0.39 is 22.0 Å². The summed E-state index contributed by atoms with van der Waals surface area (Å²) in [7, 11) is -4.00. The average Bonchev–Trinajstić information content (AvgIpc) is 2.81. The van der Waals surface area contributed by atoms with Crippen molar-refractivity contribution in [2.75, 3.05) is 10.6 Å². The molecule has 7 nitrogen and oxygen atoms in total. The number of fused-ring (bicyclic) bond motifs is 1. The molecule has 0 unspecified atom stereocenters. The minimum atomic E-state index is -4.00. The molecule has 0 aliphatic carbocycles. The molecule has 2 amide bonds. The Labute approximate surface area is 199 Å². The first-order valence-corrected chi connectivity index (χ1v) is 12.6. The van der Waals surface area contributed by atoms with Gasteiger partial charge < -0.3 is 10.6 Å². The van der Waals surface area contributed by atoms with Gasteiger partial charge in [0.05, 0.1) is 4.90 Å². The number of carbonyl (C=O) groups excluding carboxylic acids is 2. The van der Waals surface area contributed by atoms with E-state index in [9.17, 15) is 18.0 Å². The van der Waals surface area contributed by atoms with Gasteiger partial charge in [0, 0.05) is 17.8 Å². The van der Waals surface area contributed by atoms with Crippen LogP contribution in [-0.2, 0) is 32.5 Å². The highest BCUT2D eigenvalue weighted by atomic mass is 32.2. The van der Waals surface area contributed by atoms with Crippen molar-refractivity contribution in [1.29, 1.82) is 0 Å². The van der Waals surface area contributed by atoms with E-state index in [2.05, 4.69) is 15.4 Å². The summed E-state index contributed by atoms with van der Waals surface area (Å²) in [6.07, 6.45) is 0.960. The highest BCUT2D eigenvalue weighted by Crippen LogP contribution is 2.26. The zero-order chi connectivity index (χ0) is 24.3. The third-order valence-electron chi connectivity index (χ3n) is 5.95. The van der Waals surface area contributed by atoms with Crippen LogP contribution in [0.5, 0.6) is 0 Å². The lowest BCUT2D eigenvalue weighted by molar-refractivity contribution is -0.118. The standard InChI is InChI=1S/C26H27N3O4S/c1-17-8-10-21(14-18(17)2)27-26(31)24(15-19-6-4-3-5-7-19)29-34(32,33)22-11-12-23-20(16-22)9-13-25(30)28-23/h3-8,10-12,14,16,24,29H,9,13,15H2,1-2H3,(H,27,31)(H,28,30)/t24-/m0/s1. The van der Waals surface area contributed by atoms with Gasteiger partial charge >= 0.3 is 0 Å². The number of amides is 2.